The molecule has 0 saturated carbocycles. The zero-order valence-electron chi connectivity index (χ0n) is 12.9. The van der Waals surface area contributed by atoms with E-state index in [-0.39, 0.29) is 18.2 Å². The summed E-state index contributed by atoms with van der Waals surface area (Å²) >= 11 is 1.32. The van der Waals surface area contributed by atoms with E-state index in [9.17, 15) is 14.4 Å². The minimum absolute atomic E-state index is 0.0451. The van der Waals surface area contributed by atoms with Gasteiger partial charge in [0.1, 0.15) is 11.0 Å². The maximum absolute atomic E-state index is 12.0. The van der Waals surface area contributed by atoms with Gasteiger partial charge >= 0.3 is 6.03 Å². The summed E-state index contributed by atoms with van der Waals surface area (Å²) in [7, 11) is 0. The molecule has 0 spiro atoms. The van der Waals surface area contributed by atoms with Crippen molar-refractivity contribution >= 4 is 34.3 Å². The molecule has 1 aliphatic rings. The predicted molar refractivity (Wildman–Crippen MR) is 84.6 cm³/mol. The normalized spacial score (nSPS) is 17.4. The van der Waals surface area contributed by atoms with E-state index in [0.717, 1.165) is 9.91 Å². The van der Waals surface area contributed by atoms with Gasteiger partial charge in [-0.2, -0.15) is 0 Å². The lowest BCUT2D eigenvalue weighted by Crippen LogP contribution is -2.37. The molecular formula is C13H20N6O3S. The van der Waals surface area contributed by atoms with Gasteiger partial charge in [-0.25, -0.2) is 4.79 Å². The van der Waals surface area contributed by atoms with Gasteiger partial charge in [0.25, 0.3) is 5.91 Å². The average Bonchev–Trinajstić information content (AvgIpc) is 3.03. The number of aryl methyl sites for hydroxylation is 1. The molecule has 126 valence electrons. The number of nitrogens with one attached hydrogen (secondary N) is 2. The Morgan fingerprint density at radius 2 is 2.22 bits per heavy atom. The number of hydrogen-bond acceptors (Lipinski definition) is 7. The maximum atomic E-state index is 12.0. The van der Waals surface area contributed by atoms with Crippen molar-refractivity contribution in [3.63, 3.8) is 0 Å². The Morgan fingerprint density at radius 1 is 1.43 bits per heavy atom. The van der Waals surface area contributed by atoms with Gasteiger partial charge in [-0.05, 0) is 12.8 Å². The number of urea groups is 1. The Labute approximate surface area is 137 Å². The van der Waals surface area contributed by atoms with E-state index in [4.69, 9.17) is 5.73 Å². The molecule has 1 aliphatic heterocycles. The second kappa shape index (κ2) is 7.86. The first-order valence-corrected chi connectivity index (χ1v) is 8.29. The number of carbonyl (C=O) groups excluding carboxylic acids is 3. The van der Waals surface area contributed by atoms with Gasteiger partial charge in [0.15, 0.2) is 0 Å². The average molecular weight is 340 g/mol. The van der Waals surface area contributed by atoms with Crippen molar-refractivity contribution in [2.45, 2.75) is 38.6 Å². The summed E-state index contributed by atoms with van der Waals surface area (Å²) in [6.07, 6.45) is 2.02. The standard InChI is InChI=1S/C13H20N6O3S/c1-2-6-19-11(21)8(16-13(19)22)7-9(20)15-5-3-4-10-17-18-12(14)23-10/h8H,2-7H2,1H3,(H2,14,18)(H,15,20)(H,16,22)/t8-/m1/s1. The Bertz CT molecular complexity index is 590. The number of hydrogen-bond donors (Lipinski definition) is 3. The van der Waals surface area contributed by atoms with Crippen molar-refractivity contribution in [2.24, 2.45) is 0 Å². The number of nitrogens with zero attached hydrogens (tertiary/aromatic N) is 3. The lowest BCUT2D eigenvalue weighted by molar-refractivity contribution is -0.130. The van der Waals surface area contributed by atoms with Crippen LogP contribution in [0.5, 0.6) is 0 Å². The molecule has 2 rings (SSSR count). The van der Waals surface area contributed by atoms with E-state index < -0.39 is 12.1 Å². The summed E-state index contributed by atoms with van der Waals surface area (Å²) < 4.78 is 0. The largest absolute Gasteiger partial charge is 0.374 e. The molecule has 9 nitrogen and oxygen atoms in total. The summed E-state index contributed by atoms with van der Waals surface area (Å²) in [6, 6.07) is -1.19. The Balaban J connectivity index is 1.68. The zero-order valence-corrected chi connectivity index (χ0v) is 13.7. The molecule has 4 N–H and O–H groups in total. The molecule has 23 heavy (non-hydrogen) atoms. The molecule has 0 aliphatic carbocycles. The van der Waals surface area contributed by atoms with Gasteiger partial charge in [0.05, 0.1) is 6.42 Å². The summed E-state index contributed by atoms with van der Waals surface area (Å²) in [6.45, 7) is 2.71. The topological polar surface area (TPSA) is 130 Å². The van der Waals surface area contributed by atoms with E-state index in [1.807, 2.05) is 6.92 Å². The summed E-state index contributed by atoms with van der Waals surface area (Å²) in [5.74, 6) is -0.602. The Morgan fingerprint density at radius 3 is 2.87 bits per heavy atom. The van der Waals surface area contributed by atoms with Gasteiger partial charge in [-0.3, -0.25) is 14.5 Å². The third-order valence-corrected chi connectivity index (χ3v) is 4.13. The fraction of sp³-hybridized carbons (Fsp3) is 0.615. The van der Waals surface area contributed by atoms with Crippen molar-refractivity contribution < 1.29 is 14.4 Å². The van der Waals surface area contributed by atoms with E-state index in [0.29, 0.717) is 37.5 Å². The van der Waals surface area contributed by atoms with E-state index >= 15 is 0 Å². The van der Waals surface area contributed by atoms with Crippen LogP contribution in [0, 0.1) is 0 Å². The molecule has 10 heteroatoms. The van der Waals surface area contributed by atoms with Crippen LogP contribution in [-0.2, 0) is 16.0 Å². The van der Waals surface area contributed by atoms with Crippen LogP contribution in [0.4, 0.5) is 9.93 Å². The highest BCUT2D eigenvalue weighted by molar-refractivity contribution is 7.15. The van der Waals surface area contributed by atoms with Crippen molar-refractivity contribution in [1.82, 2.24) is 25.7 Å². The van der Waals surface area contributed by atoms with Gasteiger partial charge in [0.2, 0.25) is 11.0 Å². The fourth-order valence-corrected chi connectivity index (χ4v) is 2.89. The van der Waals surface area contributed by atoms with E-state index in [2.05, 4.69) is 20.8 Å². The molecule has 0 radical (unpaired) electrons. The zero-order chi connectivity index (χ0) is 16.8. The Kier molecular flexibility index (Phi) is 5.85. The second-order valence-electron chi connectivity index (χ2n) is 5.18. The second-order valence-corrected chi connectivity index (χ2v) is 6.28. The summed E-state index contributed by atoms with van der Waals surface area (Å²) in [4.78, 5) is 36.6. The SMILES string of the molecule is CCCN1C(=O)N[C@H](CC(=O)NCCCc2nnc(N)s2)C1=O. The van der Waals surface area contributed by atoms with Gasteiger partial charge in [-0.1, -0.05) is 18.3 Å². The highest BCUT2D eigenvalue weighted by Crippen LogP contribution is 2.12. The quantitative estimate of drug-likeness (QED) is 0.447. The lowest BCUT2D eigenvalue weighted by atomic mass is 10.2. The number of rotatable bonds is 8. The molecule has 1 atom stereocenters. The molecule has 1 fully saturated rings. The van der Waals surface area contributed by atoms with Crippen LogP contribution in [0.1, 0.15) is 31.2 Å². The lowest BCUT2D eigenvalue weighted by Gasteiger charge is -2.11. The number of anilines is 1. The summed E-state index contributed by atoms with van der Waals surface area (Å²) in [5, 5.41) is 14.1. The van der Waals surface area contributed by atoms with Crippen LogP contribution in [0.2, 0.25) is 0 Å². The molecule has 2 heterocycles. The fourth-order valence-electron chi connectivity index (χ4n) is 2.24. The van der Waals surface area contributed by atoms with Crippen molar-refractivity contribution in [2.75, 3.05) is 18.8 Å². The summed E-state index contributed by atoms with van der Waals surface area (Å²) in [5.41, 5.74) is 5.48. The minimum atomic E-state index is -0.767. The Hall–Kier alpha value is -2.23. The molecule has 1 saturated heterocycles. The van der Waals surface area contributed by atoms with Gasteiger partial charge in [-0.15, -0.1) is 10.2 Å². The van der Waals surface area contributed by atoms with Crippen molar-refractivity contribution in [3.05, 3.63) is 5.01 Å². The molecular weight excluding hydrogens is 320 g/mol. The number of aromatic nitrogens is 2. The number of nitrogen functional groups attached to an aromatic ring is 1. The highest BCUT2D eigenvalue weighted by Gasteiger charge is 2.38. The first-order valence-electron chi connectivity index (χ1n) is 7.47. The van der Waals surface area contributed by atoms with Crippen molar-refractivity contribution in [1.29, 1.82) is 0 Å². The molecule has 0 aromatic carbocycles. The van der Waals surface area contributed by atoms with Crippen LogP contribution >= 0.6 is 11.3 Å². The molecule has 4 amide bonds. The van der Waals surface area contributed by atoms with Crippen LogP contribution < -0.4 is 16.4 Å². The van der Waals surface area contributed by atoms with E-state index in [1.165, 1.54) is 11.3 Å². The number of nitrogens with two attached hydrogens (primary N) is 1. The smallest absolute Gasteiger partial charge is 0.324 e. The van der Waals surface area contributed by atoms with Gasteiger partial charge < -0.3 is 16.4 Å². The minimum Gasteiger partial charge on any atom is -0.374 e. The monoisotopic (exact) mass is 340 g/mol. The van der Waals surface area contributed by atoms with Crippen LogP contribution in [0.15, 0.2) is 0 Å². The van der Waals surface area contributed by atoms with Crippen LogP contribution in [0.3, 0.4) is 0 Å². The van der Waals surface area contributed by atoms with Crippen LogP contribution in [0.25, 0.3) is 0 Å². The number of carbonyl (C=O) groups is 3. The first-order chi connectivity index (χ1) is 11.0. The maximum Gasteiger partial charge on any atom is 0.324 e. The predicted octanol–water partition coefficient (Wildman–Crippen LogP) is -0.110. The molecule has 1 aromatic rings. The van der Waals surface area contributed by atoms with Gasteiger partial charge in [0, 0.05) is 19.5 Å². The van der Waals surface area contributed by atoms with Crippen LogP contribution in [-0.4, -0.2) is 52.1 Å². The van der Waals surface area contributed by atoms with Crippen molar-refractivity contribution in [3.8, 4) is 0 Å². The highest BCUT2D eigenvalue weighted by atomic mass is 32.1. The molecule has 0 bridgehead atoms. The molecule has 0 unspecified atom stereocenters. The number of imide groups is 1. The number of amides is 4. The third kappa shape index (κ3) is 4.62. The third-order valence-electron chi connectivity index (χ3n) is 3.32. The molecule has 1 aromatic heterocycles. The van der Waals surface area contributed by atoms with E-state index in [1.54, 1.807) is 0 Å². The first kappa shape index (κ1) is 17.1.